The summed E-state index contributed by atoms with van der Waals surface area (Å²) in [5, 5.41) is 3.30. The smallest absolute Gasteiger partial charge is 0.127 e. The van der Waals surface area contributed by atoms with Crippen molar-refractivity contribution in [3.8, 4) is 0 Å². The van der Waals surface area contributed by atoms with Gasteiger partial charge in [0.25, 0.3) is 0 Å². The molecule has 0 amide bonds. The highest BCUT2D eigenvalue weighted by Gasteiger charge is 2.20. The van der Waals surface area contributed by atoms with Crippen LogP contribution >= 0.6 is 0 Å². The minimum atomic E-state index is -0.334. The molecule has 1 nitrogen and oxygen atoms in total. The highest BCUT2D eigenvalue weighted by molar-refractivity contribution is 5.28. The zero-order valence-corrected chi connectivity index (χ0v) is 11.0. The van der Waals surface area contributed by atoms with E-state index in [1.807, 2.05) is 20.8 Å². The first-order valence-corrected chi connectivity index (χ1v) is 6.20. The Morgan fingerprint density at radius 3 is 2.35 bits per heavy atom. The molecule has 0 aliphatic rings. The minimum absolute atomic E-state index is 0.0324. The van der Waals surface area contributed by atoms with Crippen molar-refractivity contribution in [2.45, 2.75) is 46.1 Å². The number of nitrogens with one attached hydrogen (secondary N) is 1. The lowest BCUT2D eigenvalue weighted by molar-refractivity contribution is 0.433. The van der Waals surface area contributed by atoms with Crippen LogP contribution in [0.1, 0.15) is 44.2 Å². The number of benzene rings is 1. The number of likely N-dealkylation sites (N-methyl/N-ethyl adjacent to an activating group) is 1. The first-order chi connectivity index (χ1) is 8.01. The lowest BCUT2D eigenvalue weighted by Gasteiger charge is -2.24. The van der Waals surface area contributed by atoms with E-state index in [0.717, 1.165) is 13.0 Å². The molecule has 0 bridgehead atoms. The monoisotopic (exact) mass is 241 g/mol. The molecule has 0 saturated heterocycles. The van der Waals surface area contributed by atoms with E-state index in [1.165, 1.54) is 12.1 Å². The minimum Gasteiger partial charge on any atom is -0.314 e. The van der Waals surface area contributed by atoms with Gasteiger partial charge in [-0.25, -0.2) is 8.78 Å². The van der Waals surface area contributed by atoms with E-state index in [-0.39, 0.29) is 23.6 Å². The van der Waals surface area contributed by atoms with Gasteiger partial charge in [0.2, 0.25) is 0 Å². The van der Waals surface area contributed by atoms with Gasteiger partial charge in [-0.1, -0.05) is 20.8 Å². The molecular weight excluding hydrogens is 220 g/mol. The third-order valence-corrected chi connectivity index (χ3v) is 3.28. The van der Waals surface area contributed by atoms with Crippen molar-refractivity contribution in [1.29, 1.82) is 0 Å². The second kappa shape index (κ2) is 6.10. The van der Waals surface area contributed by atoms with E-state index >= 15 is 0 Å². The highest BCUT2D eigenvalue weighted by atomic mass is 19.1. The van der Waals surface area contributed by atoms with Crippen LogP contribution in [0.2, 0.25) is 0 Å². The van der Waals surface area contributed by atoms with E-state index in [1.54, 1.807) is 6.92 Å². The third kappa shape index (κ3) is 3.25. The topological polar surface area (TPSA) is 12.0 Å². The summed E-state index contributed by atoms with van der Waals surface area (Å²) < 4.78 is 27.3. The maximum absolute atomic E-state index is 13.8. The van der Waals surface area contributed by atoms with E-state index in [4.69, 9.17) is 0 Å². The van der Waals surface area contributed by atoms with Gasteiger partial charge in [-0.3, -0.25) is 0 Å². The van der Waals surface area contributed by atoms with Crippen molar-refractivity contribution < 1.29 is 8.78 Å². The summed E-state index contributed by atoms with van der Waals surface area (Å²) >= 11 is 0. The predicted molar refractivity (Wildman–Crippen MR) is 67.3 cm³/mol. The van der Waals surface area contributed by atoms with Gasteiger partial charge >= 0.3 is 0 Å². The zero-order chi connectivity index (χ0) is 13.0. The fraction of sp³-hybridized carbons (Fsp3) is 0.571. The standard InChI is InChI=1S/C14H21F2N/c1-5-14(17-6-2)10(4)11-8-12(15)9(3)7-13(11)16/h7-8,10,14,17H,5-6H2,1-4H3. The number of hydrogen-bond donors (Lipinski definition) is 1. The van der Waals surface area contributed by atoms with Crippen LogP contribution in [0.4, 0.5) is 8.78 Å². The zero-order valence-electron chi connectivity index (χ0n) is 11.0. The second-order valence-corrected chi connectivity index (χ2v) is 4.48. The molecular formula is C14H21F2N. The van der Waals surface area contributed by atoms with Gasteiger partial charge in [-0.05, 0) is 49.1 Å². The first-order valence-electron chi connectivity index (χ1n) is 6.20. The Kier molecular flexibility index (Phi) is 5.06. The first kappa shape index (κ1) is 14.1. The Morgan fingerprint density at radius 1 is 1.18 bits per heavy atom. The maximum atomic E-state index is 13.8. The van der Waals surface area contributed by atoms with E-state index in [0.29, 0.717) is 11.1 Å². The number of rotatable bonds is 5. The molecule has 0 aliphatic carbocycles. The lowest BCUT2D eigenvalue weighted by atomic mass is 9.90. The van der Waals surface area contributed by atoms with E-state index < -0.39 is 0 Å². The third-order valence-electron chi connectivity index (χ3n) is 3.28. The van der Waals surface area contributed by atoms with Crippen LogP contribution < -0.4 is 5.32 Å². The molecule has 96 valence electrons. The molecule has 0 aliphatic heterocycles. The van der Waals surface area contributed by atoms with Crippen molar-refractivity contribution in [3.63, 3.8) is 0 Å². The second-order valence-electron chi connectivity index (χ2n) is 4.48. The van der Waals surface area contributed by atoms with Gasteiger partial charge in [0.1, 0.15) is 11.6 Å². The quantitative estimate of drug-likeness (QED) is 0.827. The van der Waals surface area contributed by atoms with Crippen LogP contribution in [-0.4, -0.2) is 12.6 Å². The van der Waals surface area contributed by atoms with Crippen LogP contribution in [0.5, 0.6) is 0 Å². The molecule has 0 saturated carbocycles. The summed E-state index contributed by atoms with van der Waals surface area (Å²) in [6.07, 6.45) is 0.893. The average molecular weight is 241 g/mol. The van der Waals surface area contributed by atoms with Gasteiger partial charge in [0.05, 0.1) is 0 Å². The molecule has 0 aromatic heterocycles. The molecule has 1 N–H and O–H groups in total. The molecule has 1 rings (SSSR count). The van der Waals surface area contributed by atoms with Crippen LogP contribution in [0.25, 0.3) is 0 Å². The lowest BCUT2D eigenvalue weighted by Crippen LogP contribution is -2.33. The predicted octanol–water partition coefficient (Wildman–Crippen LogP) is 3.76. The number of halogens is 2. The molecule has 2 atom stereocenters. The Hall–Kier alpha value is -0.960. The van der Waals surface area contributed by atoms with E-state index in [9.17, 15) is 8.78 Å². The Balaban J connectivity index is 3.02. The van der Waals surface area contributed by atoms with Gasteiger partial charge < -0.3 is 5.32 Å². The van der Waals surface area contributed by atoms with Crippen molar-refractivity contribution in [2.75, 3.05) is 6.54 Å². The normalized spacial score (nSPS) is 14.7. The molecule has 0 heterocycles. The maximum Gasteiger partial charge on any atom is 0.127 e. The van der Waals surface area contributed by atoms with Gasteiger partial charge in [-0.15, -0.1) is 0 Å². The van der Waals surface area contributed by atoms with Crippen molar-refractivity contribution in [2.24, 2.45) is 0 Å². The molecule has 17 heavy (non-hydrogen) atoms. The summed E-state index contributed by atoms with van der Waals surface area (Å²) in [6, 6.07) is 2.78. The SMILES string of the molecule is CCNC(CC)C(C)c1cc(F)c(C)cc1F. The Bertz CT molecular complexity index is 377. The summed E-state index contributed by atoms with van der Waals surface area (Å²) in [6.45, 7) is 8.41. The number of hydrogen-bond acceptors (Lipinski definition) is 1. The summed E-state index contributed by atoms with van der Waals surface area (Å²) in [5.41, 5.74) is 0.816. The van der Waals surface area contributed by atoms with Crippen molar-refractivity contribution in [1.82, 2.24) is 5.32 Å². The largest absolute Gasteiger partial charge is 0.314 e. The van der Waals surface area contributed by atoms with E-state index in [2.05, 4.69) is 5.32 Å². The molecule has 0 spiro atoms. The Morgan fingerprint density at radius 2 is 1.82 bits per heavy atom. The summed E-state index contributed by atoms with van der Waals surface area (Å²) in [5.74, 6) is -0.678. The fourth-order valence-electron chi connectivity index (χ4n) is 2.16. The molecule has 1 aromatic rings. The van der Waals surface area contributed by atoms with Gasteiger partial charge in [-0.2, -0.15) is 0 Å². The molecule has 3 heteroatoms. The van der Waals surface area contributed by atoms with Crippen molar-refractivity contribution >= 4 is 0 Å². The number of aryl methyl sites for hydroxylation is 1. The highest BCUT2D eigenvalue weighted by Crippen LogP contribution is 2.26. The van der Waals surface area contributed by atoms with Gasteiger partial charge in [0.15, 0.2) is 0 Å². The molecule has 1 aromatic carbocycles. The summed E-state index contributed by atoms with van der Waals surface area (Å²) in [4.78, 5) is 0. The Labute approximate surface area is 102 Å². The van der Waals surface area contributed by atoms with Crippen LogP contribution in [-0.2, 0) is 0 Å². The fourth-order valence-corrected chi connectivity index (χ4v) is 2.16. The van der Waals surface area contributed by atoms with Crippen LogP contribution in [0.3, 0.4) is 0 Å². The van der Waals surface area contributed by atoms with Crippen molar-refractivity contribution in [3.05, 3.63) is 34.9 Å². The van der Waals surface area contributed by atoms with Crippen LogP contribution in [0, 0.1) is 18.6 Å². The average Bonchev–Trinajstić information content (AvgIpc) is 2.30. The van der Waals surface area contributed by atoms with Crippen LogP contribution in [0.15, 0.2) is 12.1 Å². The molecule has 0 radical (unpaired) electrons. The molecule has 0 fully saturated rings. The summed E-state index contributed by atoms with van der Waals surface area (Å²) in [7, 11) is 0. The van der Waals surface area contributed by atoms with Gasteiger partial charge in [0, 0.05) is 6.04 Å². The molecule has 2 unspecified atom stereocenters.